The number of ether oxygens (including phenoxy) is 1. The topological polar surface area (TPSA) is 66.8 Å². The van der Waals surface area contributed by atoms with Crippen LogP contribution in [0.2, 0.25) is 0 Å². The number of amides is 1. The molecular weight excluding hydrogens is 294 g/mol. The van der Waals surface area contributed by atoms with Crippen molar-refractivity contribution in [2.75, 3.05) is 6.54 Å². The van der Waals surface area contributed by atoms with Crippen LogP contribution < -0.4 is 4.74 Å². The highest BCUT2D eigenvalue weighted by Gasteiger charge is 2.32. The molecule has 0 saturated carbocycles. The Bertz CT molecular complexity index is 570. The van der Waals surface area contributed by atoms with Gasteiger partial charge in [-0.25, -0.2) is 0 Å². The Morgan fingerprint density at radius 2 is 2.09 bits per heavy atom. The molecule has 1 aliphatic rings. The lowest BCUT2D eigenvalue weighted by atomic mass is 9.93. The van der Waals surface area contributed by atoms with Gasteiger partial charge in [-0.05, 0) is 51.3 Å². The van der Waals surface area contributed by atoms with Crippen LogP contribution in [-0.2, 0) is 16.0 Å². The summed E-state index contributed by atoms with van der Waals surface area (Å²) in [6.07, 6.45) is 1.72. The largest absolute Gasteiger partial charge is 0.491 e. The second-order valence-corrected chi connectivity index (χ2v) is 6.50. The second kappa shape index (κ2) is 7.49. The Morgan fingerprint density at radius 1 is 1.35 bits per heavy atom. The van der Waals surface area contributed by atoms with Crippen LogP contribution in [-0.4, -0.2) is 40.6 Å². The van der Waals surface area contributed by atoms with Crippen molar-refractivity contribution < 1.29 is 19.4 Å². The second-order valence-electron chi connectivity index (χ2n) is 6.50. The summed E-state index contributed by atoms with van der Waals surface area (Å²) in [4.78, 5) is 25.5. The molecule has 5 heteroatoms. The highest BCUT2D eigenvalue weighted by atomic mass is 16.5. The number of hydrogen-bond acceptors (Lipinski definition) is 3. The normalized spacial score (nSPS) is 21.3. The number of nitrogens with zero attached hydrogens (tertiary/aromatic N) is 1. The maximum absolute atomic E-state index is 12.6. The van der Waals surface area contributed by atoms with Crippen molar-refractivity contribution >= 4 is 11.9 Å². The first-order valence-corrected chi connectivity index (χ1v) is 8.14. The number of carboxylic acids is 1. The van der Waals surface area contributed by atoms with E-state index in [0.29, 0.717) is 13.0 Å². The highest BCUT2D eigenvalue weighted by molar-refractivity contribution is 5.80. The van der Waals surface area contributed by atoms with E-state index in [2.05, 4.69) is 0 Å². The Morgan fingerprint density at radius 3 is 2.74 bits per heavy atom. The molecule has 1 fully saturated rings. The third kappa shape index (κ3) is 4.71. The van der Waals surface area contributed by atoms with Crippen LogP contribution in [0.1, 0.15) is 39.2 Å². The van der Waals surface area contributed by atoms with E-state index in [4.69, 9.17) is 4.74 Å². The molecule has 0 aliphatic carbocycles. The van der Waals surface area contributed by atoms with Crippen molar-refractivity contribution in [1.29, 1.82) is 0 Å². The van der Waals surface area contributed by atoms with E-state index >= 15 is 0 Å². The average Bonchev–Trinajstić information content (AvgIpc) is 2.46. The lowest BCUT2D eigenvalue weighted by Crippen LogP contribution is -2.47. The van der Waals surface area contributed by atoms with E-state index in [1.165, 1.54) is 0 Å². The molecule has 1 amide bonds. The summed E-state index contributed by atoms with van der Waals surface area (Å²) in [5, 5.41) is 9.18. The summed E-state index contributed by atoms with van der Waals surface area (Å²) < 4.78 is 5.65. The van der Waals surface area contributed by atoms with E-state index in [-0.39, 0.29) is 24.5 Å². The number of carboxylic acid groups (broad SMARTS) is 1. The molecular formula is C18H25NO4. The van der Waals surface area contributed by atoms with Crippen LogP contribution in [0.5, 0.6) is 5.75 Å². The zero-order valence-corrected chi connectivity index (χ0v) is 14.0. The molecule has 2 rings (SSSR count). The smallest absolute Gasteiger partial charge is 0.308 e. The Hall–Kier alpha value is -2.04. The number of benzene rings is 1. The Balaban J connectivity index is 2.04. The molecule has 0 spiro atoms. The summed E-state index contributed by atoms with van der Waals surface area (Å²) in [5.41, 5.74) is 0.887. The van der Waals surface area contributed by atoms with Crippen molar-refractivity contribution in [3.8, 4) is 5.75 Å². The number of piperidine rings is 1. The minimum atomic E-state index is -0.818. The molecule has 1 N–H and O–H groups in total. The summed E-state index contributed by atoms with van der Waals surface area (Å²) in [5.74, 6) is -0.543. The van der Waals surface area contributed by atoms with Crippen LogP contribution in [0, 0.1) is 5.92 Å². The molecule has 1 aromatic carbocycles. The zero-order valence-electron chi connectivity index (χ0n) is 14.0. The van der Waals surface area contributed by atoms with E-state index in [1.54, 1.807) is 4.90 Å². The van der Waals surface area contributed by atoms with Crippen molar-refractivity contribution in [2.45, 2.75) is 52.2 Å². The van der Waals surface area contributed by atoms with Crippen LogP contribution >= 0.6 is 0 Å². The monoisotopic (exact) mass is 319 g/mol. The van der Waals surface area contributed by atoms with Gasteiger partial charge in [-0.15, -0.1) is 0 Å². The highest BCUT2D eigenvalue weighted by Crippen LogP contribution is 2.23. The number of carbonyl (C=O) groups excluding carboxylic acids is 1. The van der Waals surface area contributed by atoms with E-state index in [9.17, 15) is 14.7 Å². The molecule has 126 valence electrons. The van der Waals surface area contributed by atoms with Gasteiger partial charge in [0.05, 0.1) is 18.4 Å². The average molecular weight is 319 g/mol. The van der Waals surface area contributed by atoms with Gasteiger partial charge in [-0.3, -0.25) is 9.59 Å². The van der Waals surface area contributed by atoms with Gasteiger partial charge in [0.1, 0.15) is 5.75 Å². The van der Waals surface area contributed by atoms with Gasteiger partial charge in [0.15, 0.2) is 0 Å². The minimum Gasteiger partial charge on any atom is -0.491 e. The van der Waals surface area contributed by atoms with E-state index < -0.39 is 11.9 Å². The first-order chi connectivity index (χ1) is 10.9. The van der Waals surface area contributed by atoms with Gasteiger partial charge in [-0.1, -0.05) is 12.1 Å². The van der Waals surface area contributed by atoms with Crippen LogP contribution in [0.25, 0.3) is 0 Å². The predicted molar refractivity (Wildman–Crippen MR) is 87.4 cm³/mol. The van der Waals surface area contributed by atoms with E-state index in [0.717, 1.165) is 17.7 Å². The van der Waals surface area contributed by atoms with Crippen molar-refractivity contribution in [1.82, 2.24) is 4.90 Å². The summed E-state index contributed by atoms with van der Waals surface area (Å²) >= 11 is 0. The number of hydrogen-bond donors (Lipinski definition) is 1. The zero-order chi connectivity index (χ0) is 17.0. The lowest BCUT2D eigenvalue weighted by molar-refractivity contribution is -0.146. The van der Waals surface area contributed by atoms with Gasteiger partial charge in [-0.2, -0.15) is 0 Å². The fourth-order valence-corrected chi connectivity index (χ4v) is 2.93. The first-order valence-electron chi connectivity index (χ1n) is 8.14. The van der Waals surface area contributed by atoms with Crippen molar-refractivity contribution in [3.05, 3.63) is 29.8 Å². The van der Waals surface area contributed by atoms with Gasteiger partial charge >= 0.3 is 5.97 Å². The maximum Gasteiger partial charge on any atom is 0.308 e. The van der Waals surface area contributed by atoms with Gasteiger partial charge < -0.3 is 14.7 Å². The molecule has 2 atom stereocenters. The quantitative estimate of drug-likeness (QED) is 0.906. The van der Waals surface area contributed by atoms with Gasteiger partial charge in [0.25, 0.3) is 0 Å². The molecule has 23 heavy (non-hydrogen) atoms. The molecule has 0 bridgehead atoms. The predicted octanol–water partition coefficient (Wildman–Crippen LogP) is 2.73. The fraction of sp³-hybridized carbons (Fsp3) is 0.556. The molecule has 1 heterocycles. The van der Waals surface area contributed by atoms with Gasteiger partial charge in [0, 0.05) is 12.6 Å². The minimum absolute atomic E-state index is 0.0230. The molecule has 1 aliphatic heterocycles. The Kier molecular flexibility index (Phi) is 5.64. The Labute approximate surface area is 137 Å². The SMILES string of the molecule is CC(C)Oc1cccc(CC(=O)N2CC(C(=O)O)CCC2C)c1. The molecule has 2 unspecified atom stereocenters. The number of likely N-dealkylation sites (tertiary alicyclic amines) is 1. The van der Waals surface area contributed by atoms with Crippen molar-refractivity contribution in [2.24, 2.45) is 5.92 Å². The van der Waals surface area contributed by atoms with Crippen LogP contribution in [0.4, 0.5) is 0 Å². The summed E-state index contributed by atoms with van der Waals surface area (Å²) in [7, 11) is 0. The van der Waals surface area contributed by atoms with Gasteiger partial charge in [0.2, 0.25) is 5.91 Å². The number of aliphatic carboxylic acids is 1. The fourth-order valence-electron chi connectivity index (χ4n) is 2.93. The maximum atomic E-state index is 12.6. The number of rotatable bonds is 5. The standard InChI is InChI=1S/C18H25NO4/c1-12(2)23-16-6-4-5-14(9-16)10-17(20)19-11-15(18(21)22)8-7-13(19)3/h4-6,9,12-13,15H,7-8,10-11H2,1-3H3,(H,21,22). The lowest BCUT2D eigenvalue weighted by Gasteiger charge is -2.36. The molecule has 1 aromatic rings. The van der Waals surface area contributed by atoms with Crippen LogP contribution in [0.15, 0.2) is 24.3 Å². The molecule has 0 aromatic heterocycles. The molecule has 1 saturated heterocycles. The first kappa shape index (κ1) is 17.3. The molecule has 5 nitrogen and oxygen atoms in total. The summed E-state index contributed by atoms with van der Waals surface area (Å²) in [6.45, 7) is 6.20. The number of carbonyl (C=O) groups is 2. The van der Waals surface area contributed by atoms with Crippen LogP contribution in [0.3, 0.4) is 0 Å². The van der Waals surface area contributed by atoms with E-state index in [1.807, 2.05) is 45.0 Å². The third-order valence-electron chi connectivity index (χ3n) is 4.18. The molecule has 0 radical (unpaired) electrons. The third-order valence-corrected chi connectivity index (χ3v) is 4.18. The summed E-state index contributed by atoms with van der Waals surface area (Å²) in [6, 6.07) is 7.61. The van der Waals surface area contributed by atoms with Crippen molar-refractivity contribution in [3.63, 3.8) is 0 Å².